The van der Waals surface area contributed by atoms with Crippen LogP contribution in [0.25, 0.3) is 11.3 Å². The summed E-state index contributed by atoms with van der Waals surface area (Å²) in [5, 5.41) is 6.44. The number of nitrogens with zero attached hydrogens (tertiary/aromatic N) is 1. The zero-order chi connectivity index (χ0) is 22.2. The average Bonchev–Trinajstić information content (AvgIpc) is 3.12. The molecule has 1 aliphatic rings. The van der Waals surface area contributed by atoms with E-state index in [1.54, 1.807) is 6.92 Å². The molecule has 7 heteroatoms. The molecule has 0 saturated carbocycles. The minimum atomic E-state index is -1.99. The van der Waals surface area contributed by atoms with E-state index in [1.807, 2.05) is 6.20 Å². The maximum atomic E-state index is 14.9. The van der Waals surface area contributed by atoms with Crippen LogP contribution in [0.15, 0.2) is 30.1 Å². The second-order valence-electron chi connectivity index (χ2n) is 8.29. The predicted octanol–water partition coefficient (Wildman–Crippen LogP) is 5.94. The third-order valence-electron chi connectivity index (χ3n) is 5.45. The standard InChI is InChI=1S/C23H27F4N3/c1-6-14-7-15(11-28-14)29-12(2)16-8-20(25)17(9-19(16)24)21-10-18(23(4,5)27)22(26)13(3)30-21/h8-12,14,28-29H,6-7H2,1-5H3/t12?,14-/m0/s1. The summed E-state index contributed by atoms with van der Waals surface area (Å²) >= 11 is 0. The molecule has 2 heterocycles. The number of alkyl halides is 1. The van der Waals surface area contributed by atoms with E-state index in [1.165, 1.54) is 20.8 Å². The van der Waals surface area contributed by atoms with Gasteiger partial charge in [0.15, 0.2) is 5.82 Å². The van der Waals surface area contributed by atoms with E-state index in [2.05, 4.69) is 22.5 Å². The third-order valence-corrected chi connectivity index (χ3v) is 5.45. The zero-order valence-corrected chi connectivity index (χ0v) is 17.8. The highest BCUT2D eigenvalue weighted by atomic mass is 19.2. The van der Waals surface area contributed by atoms with Crippen molar-refractivity contribution in [1.29, 1.82) is 0 Å². The number of nitrogens with one attached hydrogen (secondary N) is 2. The molecule has 3 rings (SSSR count). The Morgan fingerprint density at radius 1 is 1.20 bits per heavy atom. The molecule has 2 N–H and O–H groups in total. The molecule has 0 spiro atoms. The van der Waals surface area contributed by atoms with E-state index in [0.29, 0.717) is 6.04 Å². The number of hydrogen-bond acceptors (Lipinski definition) is 3. The Morgan fingerprint density at radius 2 is 1.90 bits per heavy atom. The molecule has 0 fully saturated rings. The number of aromatic nitrogens is 1. The number of halogens is 4. The molecule has 0 amide bonds. The molecular formula is C23H27F4N3. The molecule has 2 atom stereocenters. The van der Waals surface area contributed by atoms with Gasteiger partial charge < -0.3 is 10.6 Å². The normalized spacial score (nSPS) is 17.5. The lowest BCUT2D eigenvalue weighted by Crippen LogP contribution is -2.20. The van der Waals surface area contributed by atoms with Gasteiger partial charge in [-0.1, -0.05) is 6.92 Å². The number of rotatable bonds is 6. The van der Waals surface area contributed by atoms with Gasteiger partial charge in [0, 0.05) is 41.1 Å². The zero-order valence-electron chi connectivity index (χ0n) is 17.8. The summed E-state index contributed by atoms with van der Waals surface area (Å²) in [6.07, 6.45) is 3.62. The average molecular weight is 421 g/mol. The summed E-state index contributed by atoms with van der Waals surface area (Å²) < 4.78 is 58.5. The van der Waals surface area contributed by atoms with Gasteiger partial charge in [0.25, 0.3) is 0 Å². The second kappa shape index (κ2) is 8.28. The molecule has 1 aromatic carbocycles. The van der Waals surface area contributed by atoms with Gasteiger partial charge in [0.1, 0.15) is 17.3 Å². The van der Waals surface area contributed by atoms with Crippen LogP contribution in [0.5, 0.6) is 0 Å². The van der Waals surface area contributed by atoms with Crippen molar-refractivity contribution in [2.75, 3.05) is 0 Å². The number of pyridine rings is 1. The first-order chi connectivity index (χ1) is 14.0. The third kappa shape index (κ3) is 4.45. The molecular weight excluding hydrogens is 394 g/mol. The monoisotopic (exact) mass is 421 g/mol. The molecule has 1 aromatic heterocycles. The molecule has 30 heavy (non-hydrogen) atoms. The maximum absolute atomic E-state index is 14.9. The Labute approximate surface area is 174 Å². The highest BCUT2D eigenvalue weighted by molar-refractivity contribution is 5.62. The number of aryl methyl sites for hydroxylation is 1. The highest BCUT2D eigenvalue weighted by Crippen LogP contribution is 2.34. The maximum Gasteiger partial charge on any atom is 0.150 e. The molecule has 3 nitrogen and oxygen atoms in total. The van der Waals surface area contributed by atoms with Crippen LogP contribution in [0.4, 0.5) is 17.6 Å². The fourth-order valence-electron chi connectivity index (χ4n) is 3.64. The molecule has 0 aliphatic carbocycles. The Balaban J connectivity index is 1.93. The van der Waals surface area contributed by atoms with Crippen molar-refractivity contribution in [2.24, 2.45) is 0 Å². The van der Waals surface area contributed by atoms with Gasteiger partial charge in [-0.05, 0) is 52.3 Å². The van der Waals surface area contributed by atoms with E-state index in [9.17, 15) is 17.6 Å². The summed E-state index contributed by atoms with van der Waals surface area (Å²) in [6, 6.07) is 3.17. The van der Waals surface area contributed by atoms with Crippen LogP contribution in [0.3, 0.4) is 0 Å². The van der Waals surface area contributed by atoms with Crippen molar-refractivity contribution in [3.8, 4) is 11.3 Å². The number of benzene rings is 1. The fraction of sp³-hybridized carbons (Fsp3) is 0.435. The number of hydrogen-bond donors (Lipinski definition) is 2. The van der Waals surface area contributed by atoms with Gasteiger partial charge in [-0.2, -0.15) is 0 Å². The van der Waals surface area contributed by atoms with Gasteiger partial charge >= 0.3 is 0 Å². The Bertz CT molecular complexity index is 979. The van der Waals surface area contributed by atoms with Crippen LogP contribution >= 0.6 is 0 Å². The van der Waals surface area contributed by atoms with E-state index in [0.717, 1.165) is 36.7 Å². The lowest BCUT2D eigenvalue weighted by atomic mass is 9.96. The largest absolute Gasteiger partial charge is 0.386 e. The molecule has 0 bridgehead atoms. The SMILES string of the molecule is CC[C@H]1CC(NC(C)c2cc(F)c(-c3cc(C(C)(C)F)c(F)c(C)n3)cc2F)=CN1. The van der Waals surface area contributed by atoms with Gasteiger partial charge in [0.05, 0.1) is 17.4 Å². The topological polar surface area (TPSA) is 37.0 Å². The van der Waals surface area contributed by atoms with Gasteiger partial charge in [-0.3, -0.25) is 0 Å². The summed E-state index contributed by atoms with van der Waals surface area (Å²) in [7, 11) is 0. The van der Waals surface area contributed by atoms with Crippen LogP contribution < -0.4 is 10.6 Å². The fourth-order valence-corrected chi connectivity index (χ4v) is 3.64. The van der Waals surface area contributed by atoms with Crippen molar-refractivity contribution in [3.05, 3.63) is 64.4 Å². The quantitative estimate of drug-likeness (QED) is 0.567. The lowest BCUT2D eigenvalue weighted by Gasteiger charge is -2.20. The van der Waals surface area contributed by atoms with Crippen LogP contribution in [0, 0.1) is 24.4 Å². The lowest BCUT2D eigenvalue weighted by molar-refractivity contribution is 0.213. The van der Waals surface area contributed by atoms with Crippen LogP contribution in [-0.4, -0.2) is 11.0 Å². The smallest absolute Gasteiger partial charge is 0.150 e. The van der Waals surface area contributed by atoms with E-state index >= 15 is 0 Å². The molecule has 0 radical (unpaired) electrons. The Kier molecular flexibility index (Phi) is 6.11. The first-order valence-electron chi connectivity index (χ1n) is 10.1. The van der Waals surface area contributed by atoms with Crippen molar-refractivity contribution >= 4 is 0 Å². The summed E-state index contributed by atoms with van der Waals surface area (Å²) in [4.78, 5) is 4.01. The molecule has 1 unspecified atom stereocenters. The van der Waals surface area contributed by atoms with Gasteiger partial charge in [0.2, 0.25) is 0 Å². The summed E-state index contributed by atoms with van der Waals surface area (Å²) in [5.41, 5.74) is -1.34. The molecule has 162 valence electrons. The highest BCUT2D eigenvalue weighted by Gasteiger charge is 2.27. The summed E-state index contributed by atoms with van der Waals surface area (Å²) in [5.74, 6) is -2.11. The molecule has 2 aromatic rings. The first kappa shape index (κ1) is 22.1. The van der Waals surface area contributed by atoms with E-state index < -0.39 is 29.2 Å². The van der Waals surface area contributed by atoms with Crippen molar-refractivity contribution in [2.45, 2.75) is 65.2 Å². The first-order valence-corrected chi connectivity index (χ1v) is 10.1. The Morgan fingerprint density at radius 3 is 2.50 bits per heavy atom. The molecule has 1 aliphatic heterocycles. The summed E-state index contributed by atoms with van der Waals surface area (Å²) in [6.45, 7) is 7.61. The second-order valence-corrected chi connectivity index (χ2v) is 8.29. The van der Waals surface area contributed by atoms with Gasteiger partial charge in [-0.25, -0.2) is 22.5 Å². The van der Waals surface area contributed by atoms with E-state index in [-0.39, 0.29) is 28.1 Å². The van der Waals surface area contributed by atoms with Crippen molar-refractivity contribution in [1.82, 2.24) is 15.6 Å². The minimum Gasteiger partial charge on any atom is -0.386 e. The Hall–Kier alpha value is -2.57. The van der Waals surface area contributed by atoms with Crippen molar-refractivity contribution < 1.29 is 17.6 Å². The van der Waals surface area contributed by atoms with Crippen LogP contribution in [0.2, 0.25) is 0 Å². The van der Waals surface area contributed by atoms with Gasteiger partial charge in [-0.15, -0.1) is 0 Å². The van der Waals surface area contributed by atoms with Crippen LogP contribution in [-0.2, 0) is 5.67 Å². The van der Waals surface area contributed by atoms with Crippen LogP contribution in [0.1, 0.15) is 63.4 Å². The minimum absolute atomic E-state index is 0.00771. The van der Waals surface area contributed by atoms with Crippen molar-refractivity contribution in [3.63, 3.8) is 0 Å². The molecule has 0 saturated heterocycles. The van der Waals surface area contributed by atoms with E-state index in [4.69, 9.17) is 0 Å². The predicted molar refractivity (Wildman–Crippen MR) is 110 cm³/mol.